The second-order valence-corrected chi connectivity index (χ2v) is 8.41. The number of nitrogens with zero attached hydrogens (tertiary/aromatic N) is 2. The molecule has 0 saturated heterocycles. The lowest BCUT2D eigenvalue weighted by atomic mass is 10.2. The molecule has 3 aromatic carbocycles. The molecule has 31 heavy (non-hydrogen) atoms. The summed E-state index contributed by atoms with van der Waals surface area (Å²) in [5.41, 5.74) is 1.23. The highest BCUT2D eigenvalue weighted by Crippen LogP contribution is 2.28. The van der Waals surface area contributed by atoms with Crippen molar-refractivity contribution in [1.82, 2.24) is 0 Å². The number of carbonyl (C=O) groups is 1. The Bertz CT molecular complexity index is 1130. The van der Waals surface area contributed by atoms with Crippen LogP contribution in [0.5, 0.6) is 5.75 Å². The number of rotatable bonds is 9. The van der Waals surface area contributed by atoms with Crippen LogP contribution in [-0.4, -0.2) is 32.6 Å². The first-order valence-corrected chi connectivity index (χ1v) is 11.3. The van der Waals surface area contributed by atoms with Crippen LogP contribution in [0, 0.1) is 0 Å². The van der Waals surface area contributed by atoms with Crippen LogP contribution in [0.3, 0.4) is 0 Å². The molecule has 0 amide bonds. The van der Waals surface area contributed by atoms with Crippen LogP contribution in [0.25, 0.3) is 0 Å². The number of carboxylic acids is 1. The van der Waals surface area contributed by atoms with Gasteiger partial charge in [0.1, 0.15) is 0 Å². The highest BCUT2D eigenvalue weighted by atomic mass is 32.2. The maximum Gasteiger partial charge on any atom is 0.335 e. The zero-order valence-corrected chi connectivity index (χ0v) is 18.1. The molecule has 0 aliphatic heterocycles. The Morgan fingerprint density at radius 3 is 2.06 bits per heavy atom. The second-order valence-electron chi connectivity index (χ2n) is 6.66. The van der Waals surface area contributed by atoms with Gasteiger partial charge in [0.15, 0.2) is 5.75 Å². The first kappa shape index (κ1) is 22.2. The van der Waals surface area contributed by atoms with E-state index in [1.807, 2.05) is 19.9 Å². The van der Waals surface area contributed by atoms with Crippen molar-refractivity contribution in [3.8, 4) is 5.75 Å². The van der Waals surface area contributed by atoms with Crippen molar-refractivity contribution < 1.29 is 23.2 Å². The Balaban J connectivity index is 2.02. The molecule has 0 radical (unpaired) electrons. The Morgan fingerprint density at radius 2 is 1.48 bits per heavy atom. The molecule has 0 spiro atoms. The molecule has 8 heteroatoms. The third-order valence-corrected chi connectivity index (χ3v) is 6.31. The lowest BCUT2D eigenvalue weighted by Crippen LogP contribution is -2.34. The SMILES string of the molecule is CCN(CC)c1cccc(ON(c2ccccc2)S(=O)(=O)c2ccc(C(=O)O)cc2)c1. The summed E-state index contributed by atoms with van der Waals surface area (Å²) in [6, 6.07) is 20.7. The van der Waals surface area contributed by atoms with Crippen LogP contribution in [0.2, 0.25) is 0 Å². The molecule has 0 aliphatic rings. The van der Waals surface area contributed by atoms with Crippen LogP contribution >= 0.6 is 0 Å². The topological polar surface area (TPSA) is 87.2 Å². The van der Waals surface area contributed by atoms with E-state index in [0.717, 1.165) is 23.2 Å². The van der Waals surface area contributed by atoms with E-state index in [2.05, 4.69) is 4.90 Å². The van der Waals surface area contributed by atoms with E-state index in [1.165, 1.54) is 24.3 Å². The molecule has 7 nitrogen and oxygen atoms in total. The molecule has 0 aromatic heterocycles. The molecular weight excluding hydrogens is 416 g/mol. The number of anilines is 2. The van der Waals surface area contributed by atoms with E-state index in [4.69, 9.17) is 9.94 Å². The van der Waals surface area contributed by atoms with E-state index in [9.17, 15) is 13.2 Å². The van der Waals surface area contributed by atoms with E-state index in [1.54, 1.807) is 48.5 Å². The summed E-state index contributed by atoms with van der Waals surface area (Å²) >= 11 is 0. The minimum Gasteiger partial charge on any atom is -0.478 e. The quantitative estimate of drug-likeness (QED) is 0.496. The number of hydrogen-bond acceptors (Lipinski definition) is 5. The lowest BCUT2D eigenvalue weighted by Gasteiger charge is -2.25. The van der Waals surface area contributed by atoms with E-state index in [-0.39, 0.29) is 10.5 Å². The predicted octanol–water partition coefficient (Wildman–Crippen LogP) is 4.42. The fraction of sp³-hybridized carbons (Fsp3) is 0.174. The van der Waals surface area contributed by atoms with Crippen LogP contribution in [-0.2, 0) is 10.0 Å². The van der Waals surface area contributed by atoms with Crippen molar-refractivity contribution in [1.29, 1.82) is 0 Å². The molecule has 1 N–H and O–H groups in total. The predicted molar refractivity (Wildman–Crippen MR) is 120 cm³/mol. The van der Waals surface area contributed by atoms with Gasteiger partial charge in [-0.15, -0.1) is 0 Å². The summed E-state index contributed by atoms with van der Waals surface area (Å²) in [4.78, 5) is 19.0. The second kappa shape index (κ2) is 9.53. The van der Waals surface area contributed by atoms with Crippen molar-refractivity contribution in [2.24, 2.45) is 0 Å². The van der Waals surface area contributed by atoms with Gasteiger partial charge in [0.05, 0.1) is 16.1 Å². The maximum atomic E-state index is 13.4. The summed E-state index contributed by atoms with van der Waals surface area (Å²) in [6.45, 7) is 5.68. The summed E-state index contributed by atoms with van der Waals surface area (Å²) in [6.07, 6.45) is 0. The molecule has 0 bridgehead atoms. The summed E-state index contributed by atoms with van der Waals surface area (Å²) in [5, 5.41) is 9.08. The minimum atomic E-state index is -4.13. The standard InChI is InChI=1S/C23H24N2O5S/c1-3-24(4-2)20-11-8-12-21(17-20)30-25(19-9-6-5-7-10-19)31(28,29)22-15-13-18(14-16-22)23(26)27/h5-17H,3-4H2,1-2H3,(H,26,27). The van der Waals surface area contributed by atoms with Crippen LogP contribution < -0.4 is 14.2 Å². The smallest absolute Gasteiger partial charge is 0.335 e. The molecule has 0 heterocycles. The number of hydrogen-bond donors (Lipinski definition) is 1. The van der Waals surface area contributed by atoms with Gasteiger partial charge in [-0.25, -0.2) is 4.79 Å². The average molecular weight is 441 g/mol. The molecule has 3 rings (SSSR count). The monoisotopic (exact) mass is 440 g/mol. The van der Waals surface area contributed by atoms with Crippen molar-refractivity contribution in [3.63, 3.8) is 0 Å². The van der Waals surface area contributed by atoms with E-state index in [0.29, 0.717) is 11.4 Å². The Hall–Kier alpha value is -3.52. The van der Waals surface area contributed by atoms with Gasteiger partial charge in [-0.05, 0) is 62.4 Å². The van der Waals surface area contributed by atoms with Gasteiger partial charge < -0.3 is 14.8 Å². The van der Waals surface area contributed by atoms with Gasteiger partial charge in [0.2, 0.25) is 0 Å². The molecule has 0 unspecified atom stereocenters. The van der Waals surface area contributed by atoms with Crippen molar-refractivity contribution >= 4 is 27.4 Å². The average Bonchev–Trinajstić information content (AvgIpc) is 2.79. The van der Waals surface area contributed by atoms with Gasteiger partial charge in [-0.3, -0.25) is 0 Å². The fourth-order valence-electron chi connectivity index (χ4n) is 3.08. The molecule has 3 aromatic rings. The van der Waals surface area contributed by atoms with Crippen molar-refractivity contribution in [2.75, 3.05) is 22.5 Å². The first-order valence-electron chi connectivity index (χ1n) is 9.83. The number of sulfonamides is 1. The van der Waals surface area contributed by atoms with Crippen LogP contribution in [0.1, 0.15) is 24.2 Å². The summed E-state index contributed by atoms with van der Waals surface area (Å²) < 4.78 is 27.6. The number of benzene rings is 3. The van der Waals surface area contributed by atoms with Gasteiger partial charge in [-0.2, -0.15) is 8.42 Å². The number of para-hydroxylation sites is 1. The molecule has 0 saturated carbocycles. The molecular formula is C23H24N2O5S. The van der Waals surface area contributed by atoms with Gasteiger partial charge in [0.25, 0.3) is 10.0 Å². The van der Waals surface area contributed by atoms with Gasteiger partial charge in [-0.1, -0.05) is 28.7 Å². The number of aromatic carboxylic acids is 1. The first-order chi connectivity index (χ1) is 14.9. The maximum absolute atomic E-state index is 13.4. The largest absolute Gasteiger partial charge is 0.478 e. The highest BCUT2D eigenvalue weighted by Gasteiger charge is 2.28. The highest BCUT2D eigenvalue weighted by molar-refractivity contribution is 7.92. The lowest BCUT2D eigenvalue weighted by molar-refractivity contribution is 0.0696. The van der Waals surface area contributed by atoms with Gasteiger partial charge in [0, 0.05) is 24.8 Å². The Kier molecular flexibility index (Phi) is 6.81. The van der Waals surface area contributed by atoms with Crippen molar-refractivity contribution in [2.45, 2.75) is 18.7 Å². The normalized spacial score (nSPS) is 11.0. The Labute approximate surface area is 182 Å². The molecule has 162 valence electrons. The van der Waals surface area contributed by atoms with E-state index < -0.39 is 16.0 Å². The molecule has 0 aliphatic carbocycles. The zero-order valence-electron chi connectivity index (χ0n) is 17.3. The van der Waals surface area contributed by atoms with E-state index >= 15 is 0 Å². The van der Waals surface area contributed by atoms with Crippen LogP contribution in [0.15, 0.2) is 83.8 Å². The van der Waals surface area contributed by atoms with Crippen LogP contribution in [0.4, 0.5) is 11.4 Å². The fourth-order valence-corrected chi connectivity index (χ4v) is 4.33. The zero-order chi connectivity index (χ0) is 22.4. The summed E-state index contributed by atoms with van der Waals surface area (Å²) in [7, 11) is -4.13. The number of carboxylic acid groups (broad SMARTS) is 1. The minimum absolute atomic E-state index is 0.00180. The van der Waals surface area contributed by atoms with Crippen molar-refractivity contribution in [3.05, 3.63) is 84.4 Å². The third-order valence-electron chi connectivity index (χ3n) is 4.72. The third kappa shape index (κ3) is 4.97. The summed E-state index contributed by atoms with van der Waals surface area (Å²) in [5.74, 6) is -0.771. The Morgan fingerprint density at radius 1 is 0.871 bits per heavy atom. The molecule has 0 atom stereocenters. The van der Waals surface area contributed by atoms with Gasteiger partial charge >= 0.3 is 5.97 Å². The molecule has 0 fully saturated rings.